The minimum Gasteiger partial charge on any atom is -0.383 e. The van der Waals surface area contributed by atoms with Gasteiger partial charge in [-0.2, -0.15) is 0 Å². The van der Waals surface area contributed by atoms with Gasteiger partial charge in [-0.1, -0.05) is 43.7 Å². The Morgan fingerprint density at radius 3 is 2.86 bits per heavy atom. The van der Waals surface area contributed by atoms with Gasteiger partial charge in [0.1, 0.15) is 5.82 Å². The van der Waals surface area contributed by atoms with E-state index in [1.165, 1.54) is 13.0 Å². The number of aromatic nitrogens is 1. The summed E-state index contributed by atoms with van der Waals surface area (Å²) in [5.74, 6) is -0.512. The van der Waals surface area contributed by atoms with E-state index in [2.05, 4.69) is 29.1 Å². The SMILES string of the molecule is C=CC1=C(/C=C(\C)F)C(=O)C(c2c(-c3cccc(NS)c3)ccnc2N)=CC1. The van der Waals surface area contributed by atoms with Crippen LogP contribution < -0.4 is 10.5 Å². The molecule has 4 nitrogen and oxygen atoms in total. The lowest BCUT2D eigenvalue weighted by Crippen LogP contribution is -2.13. The number of nitrogens with two attached hydrogens (primary N) is 1. The molecule has 0 saturated heterocycles. The van der Waals surface area contributed by atoms with Crippen LogP contribution in [-0.2, 0) is 4.79 Å². The highest BCUT2D eigenvalue weighted by Crippen LogP contribution is 2.38. The molecule has 3 N–H and O–H groups in total. The van der Waals surface area contributed by atoms with Crippen LogP contribution in [0.3, 0.4) is 0 Å². The number of ketones is 1. The third-order valence-electron chi connectivity index (χ3n) is 4.50. The lowest BCUT2D eigenvalue weighted by molar-refractivity contribution is -0.110. The zero-order chi connectivity index (χ0) is 20.3. The Balaban J connectivity index is 2.17. The number of benzene rings is 1. The molecule has 0 saturated carbocycles. The number of nitrogen functional groups attached to an aromatic ring is 1. The van der Waals surface area contributed by atoms with E-state index in [0.717, 1.165) is 16.8 Å². The molecular formula is C22H20FN3OS. The van der Waals surface area contributed by atoms with Gasteiger partial charge >= 0.3 is 0 Å². The highest BCUT2D eigenvalue weighted by Gasteiger charge is 2.26. The lowest BCUT2D eigenvalue weighted by Gasteiger charge is -2.20. The summed E-state index contributed by atoms with van der Waals surface area (Å²) in [7, 11) is 0. The van der Waals surface area contributed by atoms with Gasteiger partial charge in [-0.25, -0.2) is 9.37 Å². The summed E-state index contributed by atoms with van der Waals surface area (Å²) in [4.78, 5) is 17.4. The number of halogens is 1. The smallest absolute Gasteiger partial charge is 0.193 e. The zero-order valence-corrected chi connectivity index (χ0v) is 16.3. The number of nitrogens with zero attached hydrogens (tertiary/aromatic N) is 1. The second-order valence-corrected chi connectivity index (χ2v) is 6.56. The topological polar surface area (TPSA) is 68.0 Å². The predicted molar refractivity (Wildman–Crippen MR) is 116 cm³/mol. The highest BCUT2D eigenvalue weighted by atomic mass is 32.1. The number of allylic oxidation sites excluding steroid dienone is 7. The van der Waals surface area contributed by atoms with Crippen molar-refractivity contribution in [3.63, 3.8) is 0 Å². The number of carbonyl (C=O) groups is 1. The van der Waals surface area contributed by atoms with Gasteiger partial charge in [-0.05, 0) is 54.3 Å². The van der Waals surface area contributed by atoms with Crippen molar-refractivity contribution in [1.29, 1.82) is 0 Å². The second kappa shape index (κ2) is 8.27. The molecule has 0 bridgehead atoms. The monoisotopic (exact) mass is 393 g/mol. The quantitative estimate of drug-likeness (QED) is 0.603. The van der Waals surface area contributed by atoms with E-state index < -0.39 is 5.83 Å². The molecule has 0 atom stereocenters. The first-order chi connectivity index (χ1) is 13.5. The first-order valence-electron chi connectivity index (χ1n) is 8.66. The maximum absolute atomic E-state index is 13.6. The number of hydrogen-bond donors (Lipinski definition) is 3. The molecule has 0 radical (unpaired) electrons. The van der Waals surface area contributed by atoms with E-state index in [1.54, 1.807) is 24.4 Å². The minimum absolute atomic E-state index is 0.240. The Hall–Kier alpha value is -3.12. The Morgan fingerprint density at radius 1 is 1.39 bits per heavy atom. The van der Waals surface area contributed by atoms with E-state index in [1.807, 2.05) is 24.3 Å². The molecule has 1 heterocycles. The van der Waals surface area contributed by atoms with Gasteiger partial charge in [-0.15, -0.1) is 0 Å². The molecule has 28 heavy (non-hydrogen) atoms. The fourth-order valence-electron chi connectivity index (χ4n) is 3.23. The minimum atomic E-state index is -0.448. The molecule has 2 aromatic rings. The molecular weight excluding hydrogens is 373 g/mol. The van der Waals surface area contributed by atoms with Crippen molar-refractivity contribution >= 4 is 35.7 Å². The number of hydrogen-bond acceptors (Lipinski definition) is 5. The zero-order valence-electron chi connectivity index (χ0n) is 15.4. The van der Waals surface area contributed by atoms with Crippen LogP contribution in [0.25, 0.3) is 16.7 Å². The van der Waals surface area contributed by atoms with Gasteiger partial charge in [0.05, 0.1) is 5.83 Å². The van der Waals surface area contributed by atoms with E-state index >= 15 is 0 Å². The van der Waals surface area contributed by atoms with Gasteiger partial charge in [0.25, 0.3) is 0 Å². The largest absolute Gasteiger partial charge is 0.383 e. The molecule has 0 aliphatic heterocycles. The Morgan fingerprint density at radius 2 is 2.18 bits per heavy atom. The Labute approximate surface area is 168 Å². The molecule has 1 aliphatic carbocycles. The maximum atomic E-state index is 13.6. The fourth-order valence-corrected chi connectivity index (χ4v) is 3.37. The molecule has 1 aromatic carbocycles. The highest BCUT2D eigenvalue weighted by molar-refractivity contribution is 7.81. The number of Topliss-reactive ketones (excluding diaryl/α,β-unsaturated/α-hetero) is 1. The summed E-state index contributed by atoms with van der Waals surface area (Å²) in [6, 6.07) is 9.37. The standard InChI is InChI=1S/C22H20FN3OS/c1-3-14-7-8-18(21(27)19(14)11-13(2)23)20-17(9-10-25-22(20)24)15-5-4-6-16(12-15)26-28/h3-6,8-12,26,28H,1,7H2,2H3,(H2,24,25)/b13-11+. The fraction of sp³-hybridized carbons (Fsp3) is 0.0909. The summed E-state index contributed by atoms with van der Waals surface area (Å²) in [6.45, 7) is 5.04. The number of rotatable bonds is 5. The second-order valence-electron chi connectivity index (χ2n) is 6.34. The first-order valence-corrected chi connectivity index (χ1v) is 9.10. The van der Waals surface area contributed by atoms with E-state index in [9.17, 15) is 9.18 Å². The van der Waals surface area contributed by atoms with Gasteiger partial charge in [0, 0.05) is 28.6 Å². The van der Waals surface area contributed by atoms with Crippen LogP contribution in [0.5, 0.6) is 0 Å². The number of pyridine rings is 1. The Kier molecular flexibility index (Phi) is 5.80. The summed E-state index contributed by atoms with van der Waals surface area (Å²) < 4.78 is 16.4. The van der Waals surface area contributed by atoms with E-state index in [4.69, 9.17) is 5.73 Å². The number of carbonyl (C=O) groups excluding carboxylic acids is 1. The van der Waals surface area contributed by atoms with Crippen molar-refractivity contribution in [3.05, 3.63) is 83.9 Å². The molecule has 0 spiro atoms. The van der Waals surface area contributed by atoms with Crippen LogP contribution in [0.4, 0.5) is 15.9 Å². The first kappa shape index (κ1) is 19.6. The predicted octanol–water partition coefficient (Wildman–Crippen LogP) is 5.30. The molecule has 1 aliphatic rings. The number of thiol groups is 1. The van der Waals surface area contributed by atoms with Crippen molar-refractivity contribution in [3.8, 4) is 11.1 Å². The van der Waals surface area contributed by atoms with Gasteiger partial charge < -0.3 is 10.5 Å². The number of anilines is 2. The third kappa shape index (κ3) is 3.77. The van der Waals surface area contributed by atoms with Crippen LogP contribution in [0.1, 0.15) is 18.9 Å². The summed E-state index contributed by atoms with van der Waals surface area (Å²) >= 11 is 4.09. The Bertz CT molecular complexity index is 1050. The maximum Gasteiger partial charge on any atom is 0.193 e. The van der Waals surface area contributed by atoms with Crippen molar-refractivity contribution in [2.24, 2.45) is 0 Å². The van der Waals surface area contributed by atoms with Crippen LogP contribution in [0, 0.1) is 0 Å². The van der Waals surface area contributed by atoms with E-state index in [-0.39, 0.29) is 17.2 Å². The van der Waals surface area contributed by atoms with Crippen LogP contribution in [0.15, 0.2) is 78.3 Å². The number of nitrogens with one attached hydrogen (secondary N) is 1. The molecule has 3 rings (SSSR count). The van der Waals surface area contributed by atoms with Crippen molar-refractivity contribution < 1.29 is 9.18 Å². The van der Waals surface area contributed by atoms with Crippen molar-refractivity contribution in [2.75, 3.05) is 10.5 Å². The molecule has 0 unspecified atom stereocenters. The van der Waals surface area contributed by atoms with Crippen LogP contribution >= 0.6 is 12.8 Å². The summed E-state index contributed by atoms with van der Waals surface area (Å²) in [6.07, 6.45) is 6.66. The van der Waals surface area contributed by atoms with Crippen molar-refractivity contribution in [2.45, 2.75) is 13.3 Å². The molecule has 0 amide bonds. The third-order valence-corrected chi connectivity index (χ3v) is 4.76. The molecule has 1 aromatic heterocycles. The normalized spacial score (nSPS) is 14.8. The molecule has 6 heteroatoms. The average molecular weight is 393 g/mol. The van der Waals surface area contributed by atoms with Crippen LogP contribution in [-0.4, -0.2) is 10.8 Å². The lowest BCUT2D eigenvalue weighted by atomic mass is 9.84. The van der Waals surface area contributed by atoms with Crippen molar-refractivity contribution in [1.82, 2.24) is 4.98 Å². The summed E-state index contributed by atoms with van der Waals surface area (Å²) in [5, 5.41) is 0. The van der Waals surface area contributed by atoms with E-state index in [0.29, 0.717) is 23.1 Å². The van der Waals surface area contributed by atoms with Crippen LogP contribution in [0.2, 0.25) is 0 Å². The average Bonchev–Trinajstić information content (AvgIpc) is 2.69. The van der Waals surface area contributed by atoms with Gasteiger partial charge in [0.15, 0.2) is 5.78 Å². The van der Waals surface area contributed by atoms with Gasteiger partial charge in [0.2, 0.25) is 0 Å². The van der Waals surface area contributed by atoms with Gasteiger partial charge in [-0.3, -0.25) is 4.79 Å². The summed E-state index contributed by atoms with van der Waals surface area (Å²) in [5.41, 5.74) is 10.5. The molecule has 0 fully saturated rings. The molecule has 142 valence electrons.